The van der Waals surface area contributed by atoms with Crippen molar-refractivity contribution in [3.8, 4) is 6.07 Å². The monoisotopic (exact) mass is 264 g/mol. The highest BCUT2D eigenvalue weighted by molar-refractivity contribution is 5.71. The van der Waals surface area contributed by atoms with Crippen LogP contribution in [0.15, 0.2) is 12.3 Å². The van der Waals surface area contributed by atoms with Crippen molar-refractivity contribution in [2.45, 2.75) is 6.92 Å². The summed E-state index contributed by atoms with van der Waals surface area (Å²) in [7, 11) is 1.51. The number of carboxylic acid groups (broad SMARTS) is 1. The van der Waals surface area contributed by atoms with E-state index in [-0.39, 0.29) is 23.6 Å². The van der Waals surface area contributed by atoms with Gasteiger partial charge in [0.2, 0.25) is 5.82 Å². The maximum atomic E-state index is 10.9. The number of hydrogen-bond acceptors (Lipinski definition) is 6. The maximum Gasteiger partial charge on any atom is 0.312 e. The third-order valence-corrected chi connectivity index (χ3v) is 2.50. The van der Waals surface area contributed by atoms with Gasteiger partial charge in [-0.3, -0.25) is 14.9 Å². The Bertz CT molecular complexity index is 552. The van der Waals surface area contributed by atoms with Gasteiger partial charge in [-0.1, -0.05) is 6.92 Å². The number of rotatable bonds is 5. The molecular formula is C11H12N4O4. The van der Waals surface area contributed by atoms with Gasteiger partial charge in [0.15, 0.2) is 0 Å². The van der Waals surface area contributed by atoms with Crippen molar-refractivity contribution < 1.29 is 14.8 Å². The fourth-order valence-electron chi connectivity index (χ4n) is 1.51. The van der Waals surface area contributed by atoms with E-state index in [1.807, 2.05) is 0 Å². The highest BCUT2D eigenvalue weighted by Crippen LogP contribution is 2.26. The van der Waals surface area contributed by atoms with Gasteiger partial charge < -0.3 is 10.0 Å². The molecule has 1 aromatic heterocycles. The summed E-state index contributed by atoms with van der Waals surface area (Å²) in [5.74, 6) is -1.65. The number of hydrogen-bond donors (Lipinski definition) is 1. The second-order valence-corrected chi connectivity index (χ2v) is 4.06. The van der Waals surface area contributed by atoms with Crippen molar-refractivity contribution in [2.24, 2.45) is 5.92 Å². The van der Waals surface area contributed by atoms with Crippen molar-refractivity contribution in [1.29, 1.82) is 5.26 Å². The van der Waals surface area contributed by atoms with Gasteiger partial charge in [0.25, 0.3) is 0 Å². The lowest BCUT2D eigenvalue weighted by molar-refractivity contribution is -0.384. The molecule has 8 heteroatoms. The van der Waals surface area contributed by atoms with Crippen molar-refractivity contribution >= 4 is 17.5 Å². The third kappa shape index (κ3) is 3.38. The SMILES string of the molecule is CC(CN(C)c1ncc(C#N)cc1[N+](=O)[O-])C(=O)O. The standard InChI is InChI=1S/C11H12N4O4/c1-7(11(16)17)6-14(2)10-9(15(18)19)3-8(4-12)5-13-10/h3,5,7H,6H2,1-2H3,(H,16,17). The fourth-order valence-corrected chi connectivity index (χ4v) is 1.51. The molecule has 1 aromatic rings. The molecule has 8 nitrogen and oxygen atoms in total. The topological polar surface area (TPSA) is 120 Å². The first-order chi connectivity index (χ1) is 8.86. The van der Waals surface area contributed by atoms with Crippen LogP contribution in [0.5, 0.6) is 0 Å². The maximum absolute atomic E-state index is 10.9. The highest BCUT2D eigenvalue weighted by atomic mass is 16.6. The number of carbonyl (C=O) groups is 1. The first-order valence-corrected chi connectivity index (χ1v) is 5.35. The number of nitro groups is 1. The van der Waals surface area contributed by atoms with Crippen LogP contribution in [0, 0.1) is 27.4 Å². The van der Waals surface area contributed by atoms with E-state index < -0.39 is 16.8 Å². The summed E-state index contributed by atoms with van der Waals surface area (Å²) in [6.07, 6.45) is 1.21. The van der Waals surface area contributed by atoms with Gasteiger partial charge in [0.1, 0.15) is 6.07 Å². The molecule has 1 heterocycles. The second kappa shape index (κ2) is 5.77. The lowest BCUT2D eigenvalue weighted by Gasteiger charge is -2.19. The van der Waals surface area contributed by atoms with Gasteiger partial charge in [-0.25, -0.2) is 4.98 Å². The van der Waals surface area contributed by atoms with E-state index in [0.29, 0.717) is 0 Å². The molecule has 0 spiro atoms. The molecule has 0 amide bonds. The second-order valence-electron chi connectivity index (χ2n) is 4.06. The van der Waals surface area contributed by atoms with E-state index in [1.165, 1.54) is 25.1 Å². The number of aromatic nitrogens is 1. The Morgan fingerprint density at radius 2 is 2.37 bits per heavy atom. The minimum Gasteiger partial charge on any atom is -0.481 e. The van der Waals surface area contributed by atoms with E-state index in [4.69, 9.17) is 10.4 Å². The van der Waals surface area contributed by atoms with Crippen molar-refractivity contribution in [1.82, 2.24) is 4.98 Å². The summed E-state index contributed by atoms with van der Waals surface area (Å²) in [5, 5.41) is 28.4. The van der Waals surface area contributed by atoms with Gasteiger partial charge in [-0.15, -0.1) is 0 Å². The molecule has 1 atom stereocenters. The van der Waals surface area contributed by atoms with E-state index in [9.17, 15) is 14.9 Å². The van der Waals surface area contributed by atoms with Crippen LogP contribution in [0.4, 0.5) is 11.5 Å². The first-order valence-electron chi connectivity index (χ1n) is 5.35. The van der Waals surface area contributed by atoms with Crippen molar-refractivity contribution in [2.75, 3.05) is 18.5 Å². The first kappa shape index (κ1) is 14.4. The molecule has 0 aliphatic carbocycles. The summed E-state index contributed by atoms with van der Waals surface area (Å²) < 4.78 is 0. The molecule has 100 valence electrons. The lowest BCUT2D eigenvalue weighted by atomic mass is 10.1. The molecule has 0 saturated carbocycles. The minimum atomic E-state index is -0.997. The quantitative estimate of drug-likeness (QED) is 0.622. The zero-order chi connectivity index (χ0) is 14.6. The van der Waals surface area contributed by atoms with Gasteiger partial charge >= 0.3 is 11.7 Å². The number of nitriles is 1. The number of nitrogens with zero attached hydrogens (tertiary/aromatic N) is 4. The predicted molar refractivity (Wildman–Crippen MR) is 65.7 cm³/mol. The Kier molecular flexibility index (Phi) is 4.36. The molecule has 0 aliphatic rings. The van der Waals surface area contributed by atoms with Crippen LogP contribution >= 0.6 is 0 Å². The minimum absolute atomic E-state index is 0.0390. The normalized spacial score (nSPS) is 11.4. The Morgan fingerprint density at radius 3 is 2.84 bits per heavy atom. The van der Waals surface area contributed by atoms with E-state index >= 15 is 0 Å². The van der Waals surface area contributed by atoms with Crippen LogP contribution < -0.4 is 4.90 Å². The summed E-state index contributed by atoms with van der Waals surface area (Å²) in [6.45, 7) is 1.57. The Labute approximate surface area is 109 Å². The van der Waals surface area contributed by atoms with Crippen LogP contribution in [0.2, 0.25) is 0 Å². The van der Waals surface area contributed by atoms with E-state index in [0.717, 1.165) is 6.07 Å². The number of carboxylic acids is 1. The fraction of sp³-hybridized carbons (Fsp3) is 0.364. The molecule has 0 fully saturated rings. The molecule has 0 bridgehead atoms. The third-order valence-electron chi connectivity index (χ3n) is 2.50. The molecular weight excluding hydrogens is 252 g/mol. The van der Waals surface area contributed by atoms with Crippen LogP contribution in [0.1, 0.15) is 12.5 Å². The predicted octanol–water partition coefficient (Wildman–Crippen LogP) is 1.02. The van der Waals surface area contributed by atoms with Crippen molar-refractivity contribution in [3.05, 3.63) is 27.9 Å². The number of aliphatic carboxylic acids is 1. The molecule has 19 heavy (non-hydrogen) atoms. The van der Waals surface area contributed by atoms with Gasteiger partial charge in [0, 0.05) is 25.9 Å². The Morgan fingerprint density at radius 1 is 1.74 bits per heavy atom. The van der Waals surface area contributed by atoms with E-state index in [2.05, 4.69) is 4.98 Å². The highest BCUT2D eigenvalue weighted by Gasteiger charge is 2.22. The molecule has 0 radical (unpaired) electrons. The Balaban J connectivity index is 3.09. The van der Waals surface area contributed by atoms with Gasteiger partial charge in [-0.05, 0) is 0 Å². The molecule has 0 aromatic carbocycles. The van der Waals surface area contributed by atoms with Gasteiger partial charge in [0.05, 0.1) is 16.4 Å². The molecule has 1 N–H and O–H groups in total. The average Bonchev–Trinajstić information content (AvgIpc) is 2.37. The zero-order valence-corrected chi connectivity index (χ0v) is 10.4. The zero-order valence-electron chi connectivity index (χ0n) is 10.4. The smallest absolute Gasteiger partial charge is 0.312 e. The summed E-state index contributed by atoms with van der Waals surface area (Å²) in [4.78, 5) is 26.3. The van der Waals surface area contributed by atoms with E-state index in [1.54, 1.807) is 6.07 Å². The van der Waals surface area contributed by atoms with Gasteiger partial charge in [-0.2, -0.15) is 5.26 Å². The molecule has 1 unspecified atom stereocenters. The summed E-state index contributed by atoms with van der Waals surface area (Å²) in [5.41, 5.74) is -0.241. The van der Waals surface area contributed by atoms with Crippen LogP contribution in [0.3, 0.4) is 0 Å². The van der Waals surface area contributed by atoms with Crippen LogP contribution in [0.25, 0.3) is 0 Å². The molecule has 0 aliphatic heterocycles. The van der Waals surface area contributed by atoms with Crippen molar-refractivity contribution in [3.63, 3.8) is 0 Å². The van der Waals surface area contributed by atoms with Crippen LogP contribution in [-0.4, -0.2) is 34.6 Å². The summed E-state index contributed by atoms with van der Waals surface area (Å²) in [6, 6.07) is 2.88. The Hall–Kier alpha value is -2.69. The lowest BCUT2D eigenvalue weighted by Crippen LogP contribution is -2.29. The molecule has 1 rings (SSSR count). The van der Waals surface area contributed by atoms with Crippen LogP contribution in [-0.2, 0) is 4.79 Å². The number of pyridine rings is 1. The summed E-state index contributed by atoms with van der Waals surface area (Å²) >= 11 is 0. The average molecular weight is 264 g/mol. The molecule has 0 saturated heterocycles. The number of anilines is 1. The largest absolute Gasteiger partial charge is 0.481 e.